The van der Waals surface area contributed by atoms with E-state index in [1.165, 1.54) is 0 Å². The first-order valence-electron chi connectivity index (χ1n) is 7.75. The van der Waals surface area contributed by atoms with E-state index in [0.29, 0.717) is 5.69 Å². The number of benzene rings is 2. The van der Waals surface area contributed by atoms with E-state index >= 15 is 0 Å². The van der Waals surface area contributed by atoms with Crippen molar-refractivity contribution in [1.29, 1.82) is 0 Å². The van der Waals surface area contributed by atoms with Crippen LogP contribution in [0.15, 0.2) is 48.5 Å². The summed E-state index contributed by atoms with van der Waals surface area (Å²) in [4.78, 5) is 26.5. The minimum absolute atomic E-state index is 0.0648. The number of hydrogen-bond donors (Lipinski definition) is 2. The van der Waals surface area contributed by atoms with E-state index in [0.717, 1.165) is 14.9 Å². The van der Waals surface area contributed by atoms with Crippen molar-refractivity contribution in [2.75, 3.05) is 22.1 Å². The molecule has 124 valence electrons. The van der Waals surface area contributed by atoms with Gasteiger partial charge in [-0.15, -0.1) is 0 Å². The molecule has 2 aromatic rings. The first-order chi connectivity index (χ1) is 11.5. The molecule has 1 heterocycles. The van der Waals surface area contributed by atoms with Crippen molar-refractivity contribution in [3.63, 3.8) is 0 Å². The number of carbonyl (C=O) groups excluding carboxylic acids is 2. The fourth-order valence-electron chi connectivity index (χ4n) is 2.80. The summed E-state index contributed by atoms with van der Waals surface area (Å²) in [6.45, 7) is 2.07. The van der Waals surface area contributed by atoms with Crippen LogP contribution in [0.1, 0.15) is 13.3 Å². The summed E-state index contributed by atoms with van der Waals surface area (Å²) >= 11 is 2.24. The lowest BCUT2D eigenvalue weighted by atomic mass is 10.1. The van der Waals surface area contributed by atoms with Crippen LogP contribution in [0.5, 0.6) is 0 Å². The van der Waals surface area contributed by atoms with Gasteiger partial charge in [0, 0.05) is 21.7 Å². The molecule has 1 aliphatic rings. The third-order valence-corrected chi connectivity index (χ3v) is 4.64. The summed E-state index contributed by atoms with van der Waals surface area (Å²) in [5, 5.41) is 6.02. The molecule has 2 amide bonds. The molecule has 1 atom stereocenters. The SMILES string of the molecule is C[C@@H]1CC(=O)Nc2ccccc2N1C(=O)CNc1ccc(I)cc1. The summed E-state index contributed by atoms with van der Waals surface area (Å²) in [7, 11) is 0. The highest BCUT2D eigenvalue weighted by Crippen LogP contribution is 2.31. The van der Waals surface area contributed by atoms with E-state index in [1.807, 2.05) is 55.5 Å². The van der Waals surface area contributed by atoms with Crippen LogP contribution in [0, 0.1) is 3.57 Å². The van der Waals surface area contributed by atoms with Gasteiger partial charge in [-0.3, -0.25) is 9.59 Å². The lowest BCUT2D eigenvalue weighted by molar-refractivity contribution is -0.118. The predicted octanol–water partition coefficient (Wildman–Crippen LogP) is 3.47. The van der Waals surface area contributed by atoms with Gasteiger partial charge < -0.3 is 15.5 Å². The number of hydrogen-bond acceptors (Lipinski definition) is 3. The summed E-state index contributed by atoms with van der Waals surface area (Å²) in [6, 6.07) is 15.1. The van der Waals surface area contributed by atoms with Gasteiger partial charge in [0.25, 0.3) is 0 Å². The average Bonchev–Trinajstić information content (AvgIpc) is 2.68. The van der Waals surface area contributed by atoms with E-state index in [4.69, 9.17) is 0 Å². The maximum Gasteiger partial charge on any atom is 0.246 e. The van der Waals surface area contributed by atoms with E-state index in [1.54, 1.807) is 4.90 Å². The number of nitrogens with one attached hydrogen (secondary N) is 2. The molecule has 0 aliphatic carbocycles. The number of rotatable bonds is 3. The van der Waals surface area contributed by atoms with Gasteiger partial charge in [-0.2, -0.15) is 0 Å². The highest BCUT2D eigenvalue weighted by atomic mass is 127. The predicted molar refractivity (Wildman–Crippen MR) is 104 cm³/mol. The summed E-state index contributed by atoms with van der Waals surface area (Å²) in [5.41, 5.74) is 2.31. The van der Waals surface area contributed by atoms with Crippen LogP contribution in [-0.2, 0) is 9.59 Å². The Morgan fingerprint density at radius 1 is 1.25 bits per heavy atom. The molecule has 0 radical (unpaired) electrons. The molecule has 24 heavy (non-hydrogen) atoms. The van der Waals surface area contributed by atoms with Crippen LogP contribution in [0.25, 0.3) is 0 Å². The minimum Gasteiger partial charge on any atom is -0.376 e. The molecular formula is C18H18IN3O2. The van der Waals surface area contributed by atoms with Gasteiger partial charge in [0.15, 0.2) is 0 Å². The van der Waals surface area contributed by atoms with Gasteiger partial charge >= 0.3 is 0 Å². The fourth-order valence-corrected chi connectivity index (χ4v) is 3.16. The highest BCUT2D eigenvalue weighted by Gasteiger charge is 2.29. The maximum atomic E-state index is 12.8. The third-order valence-electron chi connectivity index (χ3n) is 3.92. The Bertz CT molecular complexity index is 761. The maximum absolute atomic E-state index is 12.8. The third kappa shape index (κ3) is 3.69. The van der Waals surface area contributed by atoms with Crippen LogP contribution in [0.4, 0.5) is 17.1 Å². The molecule has 5 nitrogen and oxygen atoms in total. The van der Waals surface area contributed by atoms with Crippen molar-refractivity contribution in [3.05, 3.63) is 52.1 Å². The summed E-state index contributed by atoms with van der Waals surface area (Å²) in [5.74, 6) is -0.138. The number of para-hydroxylation sites is 2. The van der Waals surface area contributed by atoms with E-state index in [-0.39, 0.29) is 30.8 Å². The Morgan fingerprint density at radius 3 is 2.71 bits per heavy atom. The number of carbonyl (C=O) groups is 2. The first kappa shape index (κ1) is 16.8. The molecule has 0 aromatic heterocycles. The highest BCUT2D eigenvalue weighted by molar-refractivity contribution is 14.1. The zero-order chi connectivity index (χ0) is 17.1. The number of fused-ring (bicyclic) bond motifs is 1. The van der Waals surface area contributed by atoms with Crippen molar-refractivity contribution >= 4 is 51.5 Å². The fraction of sp³-hybridized carbons (Fsp3) is 0.222. The molecule has 1 aliphatic heterocycles. The van der Waals surface area contributed by atoms with Gasteiger partial charge in [0.2, 0.25) is 11.8 Å². The van der Waals surface area contributed by atoms with Gasteiger partial charge in [0.05, 0.1) is 17.9 Å². The van der Waals surface area contributed by atoms with E-state index < -0.39 is 0 Å². The van der Waals surface area contributed by atoms with Crippen LogP contribution in [0.2, 0.25) is 0 Å². The van der Waals surface area contributed by atoms with Crippen LogP contribution < -0.4 is 15.5 Å². The van der Waals surface area contributed by atoms with Gasteiger partial charge in [0.1, 0.15) is 0 Å². The van der Waals surface area contributed by atoms with Crippen LogP contribution >= 0.6 is 22.6 Å². The number of anilines is 3. The molecule has 0 saturated heterocycles. The van der Waals surface area contributed by atoms with Crippen LogP contribution in [0.3, 0.4) is 0 Å². The largest absolute Gasteiger partial charge is 0.376 e. The lowest BCUT2D eigenvalue weighted by Gasteiger charge is -2.28. The molecule has 2 aromatic carbocycles. The molecule has 0 fully saturated rings. The van der Waals surface area contributed by atoms with Crippen LogP contribution in [-0.4, -0.2) is 24.4 Å². The van der Waals surface area contributed by atoms with Gasteiger partial charge in [-0.05, 0) is 65.9 Å². The Hall–Kier alpha value is -2.09. The summed E-state index contributed by atoms with van der Waals surface area (Å²) < 4.78 is 1.14. The van der Waals surface area contributed by atoms with Gasteiger partial charge in [-0.25, -0.2) is 0 Å². The number of halogens is 1. The molecular weight excluding hydrogens is 417 g/mol. The molecule has 0 saturated carbocycles. The Balaban J connectivity index is 1.79. The minimum atomic E-state index is -0.195. The van der Waals surface area contributed by atoms with Crippen molar-refractivity contribution < 1.29 is 9.59 Å². The van der Waals surface area contributed by atoms with Crippen molar-refractivity contribution in [1.82, 2.24) is 0 Å². The van der Waals surface area contributed by atoms with E-state index in [2.05, 4.69) is 33.2 Å². The van der Waals surface area contributed by atoms with Crippen molar-refractivity contribution in [2.45, 2.75) is 19.4 Å². The van der Waals surface area contributed by atoms with Gasteiger partial charge in [-0.1, -0.05) is 12.1 Å². The zero-order valence-corrected chi connectivity index (χ0v) is 15.4. The first-order valence-corrected chi connectivity index (χ1v) is 8.83. The quantitative estimate of drug-likeness (QED) is 0.727. The molecule has 6 heteroatoms. The second kappa shape index (κ2) is 7.21. The van der Waals surface area contributed by atoms with Crippen molar-refractivity contribution in [3.8, 4) is 0 Å². The Kier molecular flexibility index (Phi) is 5.03. The Morgan fingerprint density at radius 2 is 1.96 bits per heavy atom. The second-order valence-electron chi connectivity index (χ2n) is 5.74. The number of nitrogens with zero attached hydrogens (tertiary/aromatic N) is 1. The smallest absolute Gasteiger partial charge is 0.246 e. The second-order valence-corrected chi connectivity index (χ2v) is 6.99. The van der Waals surface area contributed by atoms with E-state index in [9.17, 15) is 9.59 Å². The molecule has 0 unspecified atom stereocenters. The standard InChI is InChI=1S/C18H18IN3O2/c1-12-10-17(23)21-15-4-2-3-5-16(15)22(12)18(24)11-20-14-8-6-13(19)7-9-14/h2-9,12,20H,10-11H2,1H3,(H,21,23)/t12-/m1/s1. The lowest BCUT2D eigenvalue weighted by Crippen LogP contribution is -2.42. The molecule has 0 spiro atoms. The zero-order valence-electron chi connectivity index (χ0n) is 13.3. The average molecular weight is 435 g/mol. The number of amides is 2. The molecule has 3 rings (SSSR count). The van der Waals surface area contributed by atoms with Crippen molar-refractivity contribution in [2.24, 2.45) is 0 Å². The summed E-state index contributed by atoms with van der Waals surface area (Å²) in [6.07, 6.45) is 0.282. The normalized spacial score (nSPS) is 16.8. The topological polar surface area (TPSA) is 61.4 Å². The Labute approximate surface area is 154 Å². The monoisotopic (exact) mass is 435 g/mol. The molecule has 0 bridgehead atoms. The molecule has 2 N–H and O–H groups in total.